The number of ether oxygens (including phenoxy) is 3. The predicted octanol–water partition coefficient (Wildman–Crippen LogP) is 2.66. The number of rotatable bonds is 7. The molecular weight excluding hydrogens is 312 g/mol. The summed E-state index contributed by atoms with van der Waals surface area (Å²) >= 11 is 0. The lowest BCUT2D eigenvalue weighted by molar-refractivity contribution is -0.0512. The third-order valence-electron chi connectivity index (χ3n) is 2.85. The summed E-state index contributed by atoms with van der Waals surface area (Å²) in [7, 11) is 1.25. The molecule has 0 fully saturated rings. The van der Waals surface area contributed by atoms with Gasteiger partial charge in [-0.05, 0) is 30.3 Å². The zero-order valence-electron chi connectivity index (χ0n) is 12.0. The van der Waals surface area contributed by atoms with Crippen molar-refractivity contribution in [1.29, 1.82) is 0 Å². The molecule has 6 nitrogen and oxygen atoms in total. The molecule has 1 aromatic carbocycles. The molecule has 2 rings (SSSR count). The lowest BCUT2D eigenvalue weighted by Gasteiger charge is -2.11. The Morgan fingerprint density at radius 1 is 1.22 bits per heavy atom. The van der Waals surface area contributed by atoms with Gasteiger partial charge in [-0.25, -0.2) is 4.79 Å². The number of ketones is 1. The molecule has 0 aliphatic heterocycles. The van der Waals surface area contributed by atoms with Gasteiger partial charge in [-0.15, -0.1) is 0 Å². The maximum atomic E-state index is 12.2. The molecule has 122 valence electrons. The van der Waals surface area contributed by atoms with E-state index in [9.17, 15) is 18.4 Å². The number of esters is 1. The summed E-state index contributed by atoms with van der Waals surface area (Å²) in [6, 6.07) is 6.78. The van der Waals surface area contributed by atoms with E-state index in [1.165, 1.54) is 19.2 Å². The van der Waals surface area contributed by atoms with Gasteiger partial charge in [-0.1, -0.05) is 0 Å². The molecule has 0 aliphatic rings. The van der Waals surface area contributed by atoms with Crippen molar-refractivity contribution in [3.63, 3.8) is 0 Å². The van der Waals surface area contributed by atoms with Crippen LogP contribution >= 0.6 is 0 Å². The molecule has 23 heavy (non-hydrogen) atoms. The van der Waals surface area contributed by atoms with Crippen molar-refractivity contribution in [2.24, 2.45) is 0 Å². The van der Waals surface area contributed by atoms with Gasteiger partial charge in [0, 0.05) is 6.20 Å². The zero-order valence-corrected chi connectivity index (χ0v) is 12.0. The first kappa shape index (κ1) is 16.5. The van der Waals surface area contributed by atoms with E-state index in [2.05, 4.69) is 9.72 Å². The quantitative estimate of drug-likeness (QED) is 0.625. The first-order chi connectivity index (χ1) is 11.0. The molecule has 0 bridgehead atoms. The second kappa shape index (κ2) is 7.39. The Morgan fingerprint density at radius 3 is 2.61 bits per heavy atom. The van der Waals surface area contributed by atoms with Gasteiger partial charge in [0.2, 0.25) is 5.78 Å². The van der Waals surface area contributed by atoms with Crippen molar-refractivity contribution >= 4 is 11.8 Å². The highest BCUT2D eigenvalue weighted by Crippen LogP contribution is 2.29. The van der Waals surface area contributed by atoms with Gasteiger partial charge in [0.05, 0.1) is 18.4 Å². The van der Waals surface area contributed by atoms with Gasteiger partial charge in [-0.3, -0.25) is 4.79 Å². The Labute approximate surface area is 130 Å². The van der Waals surface area contributed by atoms with Crippen molar-refractivity contribution < 1.29 is 32.6 Å². The van der Waals surface area contributed by atoms with E-state index in [1.54, 1.807) is 18.3 Å². The van der Waals surface area contributed by atoms with Crippen LogP contribution in [0.25, 0.3) is 0 Å². The molecule has 2 aromatic rings. The minimum Gasteiger partial charge on any atom is -0.493 e. The van der Waals surface area contributed by atoms with Crippen LogP contribution in [0, 0.1) is 0 Å². The second-order valence-electron chi connectivity index (χ2n) is 4.33. The topological polar surface area (TPSA) is 77.6 Å². The predicted molar refractivity (Wildman–Crippen MR) is 75.0 cm³/mol. The van der Waals surface area contributed by atoms with E-state index in [-0.39, 0.29) is 17.1 Å². The monoisotopic (exact) mass is 325 g/mol. The first-order valence-corrected chi connectivity index (χ1v) is 6.48. The van der Waals surface area contributed by atoms with Gasteiger partial charge >= 0.3 is 12.6 Å². The lowest BCUT2D eigenvalue weighted by Crippen LogP contribution is -2.14. The Kier molecular flexibility index (Phi) is 5.29. The fraction of sp³-hybridized carbons (Fsp3) is 0.200. The van der Waals surface area contributed by atoms with Gasteiger partial charge in [-0.2, -0.15) is 8.78 Å². The number of halogens is 2. The van der Waals surface area contributed by atoms with Crippen molar-refractivity contribution in [2.75, 3.05) is 13.7 Å². The summed E-state index contributed by atoms with van der Waals surface area (Å²) in [6.45, 7) is -3.46. The number of H-pyrrole nitrogens is 1. The molecule has 0 radical (unpaired) electrons. The van der Waals surface area contributed by atoms with Crippen molar-refractivity contribution in [3.8, 4) is 11.5 Å². The summed E-state index contributed by atoms with van der Waals surface area (Å²) in [4.78, 5) is 26.3. The van der Waals surface area contributed by atoms with Crippen molar-refractivity contribution in [1.82, 2.24) is 4.98 Å². The van der Waals surface area contributed by atoms with Crippen LogP contribution in [0.4, 0.5) is 8.78 Å². The van der Waals surface area contributed by atoms with Crippen LogP contribution in [0.2, 0.25) is 0 Å². The number of hydrogen-bond donors (Lipinski definition) is 1. The molecule has 0 saturated heterocycles. The number of aromatic amines is 1. The van der Waals surface area contributed by atoms with Gasteiger partial charge < -0.3 is 19.2 Å². The summed E-state index contributed by atoms with van der Waals surface area (Å²) in [5.41, 5.74) is 0.360. The minimum absolute atomic E-state index is 0.0442. The first-order valence-electron chi connectivity index (χ1n) is 6.48. The highest BCUT2D eigenvalue weighted by Gasteiger charge is 2.16. The van der Waals surface area contributed by atoms with Crippen LogP contribution in [0.3, 0.4) is 0 Å². The molecule has 0 saturated carbocycles. The Bertz CT molecular complexity index is 685. The highest BCUT2D eigenvalue weighted by atomic mass is 19.3. The van der Waals surface area contributed by atoms with E-state index in [0.29, 0.717) is 5.69 Å². The minimum atomic E-state index is -3.01. The smallest absolute Gasteiger partial charge is 0.387 e. The summed E-state index contributed by atoms with van der Waals surface area (Å²) in [5, 5.41) is 0. The van der Waals surface area contributed by atoms with E-state index in [4.69, 9.17) is 9.47 Å². The number of benzene rings is 1. The third-order valence-corrected chi connectivity index (χ3v) is 2.85. The van der Waals surface area contributed by atoms with Crippen LogP contribution in [-0.4, -0.2) is 37.1 Å². The standard InChI is InChI=1S/C15H13F2NO5/c1-21-13-7-9(4-5-12(13)23-15(16)17)14(20)22-8-11(19)10-3-2-6-18-10/h2-7,15,18H,8H2,1H3. The number of aromatic nitrogens is 1. The number of carbonyl (C=O) groups is 2. The number of Topliss-reactive ketones (excluding diaryl/α,β-unsaturated/α-hetero) is 1. The van der Waals surface area contributed by atoms with Crippen molar-refractivity contribution in [3.05, 3.63) is 47.8 Å². The maximum absolute atomic E-state index is 12.2. The van der Waals surface area contributed by atoms with Crippen LogP contribution in [0.1, 0.15) is 20.8 Å². The number of nitrogens with one attached hydrogen (secondary N) is 1. The molecule has 8 heteroatoms. The normalized spacial score (nSPS) is 10.4. The van der Waals surface area contributed by atoms with Gasteiger partial charge in [0.1, 0.15) is 0 Å². The SMILES string of the molecule is COc1cc(C(=O)OCC(=O)c2ccc[nH]2)ccc1OC(F)F. The molecule has 0 unspecified atom stereocenters. The highest BCUT2D eigenvalue weighted by molar-refractivity contribution is 5.98. The molecule has 1 heterocycles. The lowest BCUT2D eigenvalue weighted by atomic mass is 10.2. The zero-order chi connectivity index (χ0) is 16.8. The van der Waals surface area contributed by atoms with Crippen LogP contribution in [-0.2, 0) is 4.74 Å². The van der Waals surface area contributed by atoms with Crippen LogP contribution in [0.5, 0.6) is 11.5 Å². The third kappa shape index (κ3) is 4.29. The van der Waals surface area contributed by atoms with E-state index in [0.717, 1.165) is 6.07 Å². The molecule has 0 amide bonds. The van der Waals surface area contributed by atoms with Crippen LogP contribution in [0.15, 0.2) is 36.5 Å². The van der Waals surface area contributed by atoms with Gasteiger partial charge in [0.25, 0.3) is 0 Å². The average Bonchev–Trinajstić information content (AvgIpc) is 3.06. The van der Waals surface area contributed by atoms with Gasteiger partial charge in [0.15, 0.2) is 18.1 Å². The number of hydrogen-bond acceptors (Lipinski definition) is 5. The number of methoxy groups -OCH3 is 1. The van der Waals surface area contributed by atoms with E-state index < -0.39 is 25.0 Å². The fourth-order valence-corrected chi connectivity index (χ4v) is 1.78. The van der Waals surface area contributed by atoms with E-state index in [1.807, 2.05) is 0 Å². The molecule has 0 atom stereocenters. The molecule has 0 aliphatic carbocycles. The summed E-state index contributed by atoms with van der Waals surface area (Å²) < 4.78 is 38.5. The molecule has 1 N–H and O–H groups in total. The Balaban J connectivity index is 2.03. The molecule has 1 aromatic heterocycles. The van der Waals surface area contributed by atoms with Crippen molar-refractivity contribution in [2.45, 2.75) is 6.61 Å². The summed E-state index contributed by atoms with van der Waals surface area (Å²) in [5.74, 6) is -1.43. The number of carbonyl (C=O) groups excluding carboxylic acids is 2. The Hall–Kier alpha value is -2.90. The fourth-order valence-electron chi connectivity index (χ4n) is 1.78. The second-order valence-corrected chi connectivity index (χ2v) is 4.33. The Morgan fingerprint density at radius 2 is 2.00 bits per heavy atom. The molecular formula is C15H13F2NO5. The average molecular weight is 325 g/mol. The van der Waals surface area contributed by atoms with Crippen LogP contribution < -0.4 is 9.47 Å². The maximum Gasteiger partial charge on any atom is 0.387 e. The number of alkyl halides is 2. The summed E-state index contributed by atoms with van der Waals surface area (Å²) in [6.07, 6.45) is 1.57. The van der Waals surface area contributed by atoms with E-state index >= 15 is 0 Å². The molecule has 0 spiro atoms. The largest absolute Gasteiger partial charge is 0.493 e.